The van der Waals surface area contributed by atoms with Crippen LogP contribution in [0.3, 0.4) is 0 Å². The quantitative estimate of drug-likeness (QED) is 0.676. The third-order valence-corrected chi connectivity index (χ3v) is 4.18. The zero-order chi connectivity index (χ0) is 15.1. The van der Waals surface area contributed by atoms with Gasteiger partial charge in [-0.3, -0.25) is 9.36 Å². The van der Waals surface area contributed by atoms with Gasteiger partial charge in [0.2, 0.25) is 0 Å². The average Bonchev–Trinajstić information content (AvgIpc) is 2.75. The lowest BCUT2D eigenvalue weighted by Gasteiger charge is -2.08. The molecule has 0 saturated carbocycles. The Morgan fingerprint density at radius 3 is 2.52 bits per heavy atom. The molecule has 3 aromatic rings. The highest BCUT2D eigenvalue weighted by Crippen LogP contribution is 2.31. The fourth-order valence-electron chi connectivity index (χ4n) is 2.35. The van der Waals surface area contributed by atoms with E-state index in [2.05, 4.69) is 15.9 Å². The van der Waals surface area contributed by atoms with Crippen molar-refractivity contribution >= 4 is 44.3 Å². The SMILES string of the molecule is Cc1cc2cc(O)c(Cl)cc2n1C(=O)c1ccc(Br)cc1. The second-order valence-corrected chi connectivity index (χ2v) is 6.12. The first-order chi connectivity index (χ1) is 9.97. The van der Waals surface area contributed by atoms with Crippen molar-refractivity contribution in [2.24, 2.45) is 0 Å². The summed E-state index contributed by atoms with van der Waals surface area (Å²) in [5.74, 6) is -0.117. The monoisotopic (exact) mass is 363 g/mol. The number of nitrogens with zero attached hydrogens (tertiary/aromatic N) is 1. The normalized spacial score (nSPS) is 11.0. The number of phenolic OH excluding ortho intramolecular Hbond substituents is 1. The number of hydrogen-bond acceptors (Lipinski definition) is 2. The molecule has 1 heterocycles. The summed E-state index contributed by atoms with van der Waals surface area (Å²) in [6.45, 7) is 1.85. The maximum absolute atomic E-state index is 12.7. The minimum atomic E-state index is -0.128. The van der Waals surface area contributed by atoms with Gasteiger partial charge in [-0.05, 0) is 49.4 Å². The average molecular weight is 365 g/mol. The molecule has 0 unspecified atom stereocenters. The first-order valence-corrected chi connectivity index (χ1v) is 7.45. The van der Waals surface area contributed by atoms with Gasteiger partial charge in [-0.15, -0.1) is 0 Å². The second-order valence-electron chi connectivity index (χ2n) is 4.80. The van der Waals surface area contributed by atoms with Crippen molar-refractivity contribution in [2.45, 2.75) is 6.92 Å². The molecule has 0 saturated heterocycles. The van der Waals surface area contributed by atoms with Gasteiger partial charge in [0.25, 0.3) is 5.91 Å². The summed E-state index contributed by atoms with van der Waals surface area (Å²) in [5.41, 5.74) is 2.06. The predicted molar refractivity (Wildman–Crippen MR) is 87.2 cm³/mol. The van der Waals surface area contributed by atoms with Gasteiger partial charge < -0.3 is 5.11 Å². The largest absolute Gasteiger partial charge is 0.506 e. The number of rotatable bonds is 1. The van der Waals surface area contributed by atoms with Crippen LogP contribution in [0.1, 0.15) is 16.1 Å². The molecule has 1 N–H and O–H groups in total. The summed E-state index contributed by atoms with van der Waals surface area (Å²) >= 11 is 9.31. The van der Waals surface area contributed by atoms with Crippen LogP contribution >= 0.6 is 27.5 Å². The number of aryl methyl sites for hydroxylation is 1. The number of carbonyl (C=O) groups excluding carboxylic acids is 1. The Morgan fingerprint density at radius 1 is 1.19 bits per heavy atom. The minimum absolute atomic E-state index is 0.0115. The molecule has 3 nitrogen and oxygen atoms in total. The first kappa shape index (κ1) is 14.2. The first-order valence-electron chi connectivity index (χ1n) is 6.28. The molecule has 0 aliphatic carbocycles. The van der Waals surface area contributed by atoms with Crippen LogP contribution in [0.25, 0.3) is 10.9 Å². The smallest absolute Gasteiger partial charge is 0.262 e. The number of phenols is 1. The number of halogens is 2. The van der Waals surface area contributed by atoms with E-state index in [1.807, 2.05) is 25.1 Å². The highest BCUT2D eigenvalue weighted by atomic mass is 79.9. The Morgan fingerprint density at radius 2 is 1.86 bits per heavy atom. The Bertz CT molecular complexity index is 853. The number of hydrogen-bond donors (Lipinski definition) is 1. The van der Waals surface area contributed by atoms with Crippen LogP contribution < -0.4 is 0 Å². The highest BCUT2D eigenvalue weighted by Gasteiger charge is 2.16. The van der Waals surface area contributed by atoms with Crippen molar-refractivity contribution in [1.29, 1.82) is 0 Å². The van der Waals surface area contributed by atoms with E-state index in [0.29, 0.717) is 11.1 Å². The fourth-order valence-corrected chi connectivity index (χ4v) is 2.77. The van der Waals surface area contributed by atoms with Gasteiger partial charge in [-0.2, -0.15) is 0 Å². The Labute approximate surface area is 134 Å². The molecular weight excluding hydrogens is 354 g/mol. The van der Waals surface area contributed by atoms with Gasteiger partial charge in [0.05, 0.1) is 10.5 Å². The van der Waals surface area contributed by atoms with Crippen LogP contribution in [0.4, 0.5) is 0 Å². The highest BCUT2D eigenvalue weighted by molar-refractivity contribution is 9.10. The van der Waals surface area contributed by atoms with Crippen molar-refractivity contribution < 1.29 is 9.90 Å². The van der Waals surface area contributed by atoms with Gasteiger partial charge >= 0.3 is 0 Å². The number of benzene rings is 2. The summed E-state index contributed by atoms with van der Waals surface area (Å²) in [6, 6.07) is 12.2. The van der Waals surface area contributed by atoms with Crippen LogP contribution in [0.2, 0.25) is 5.02 Å². The predicted octanol–water partition coefficient (Wildman–Crippen LogP) is 4.76. The van der Waals surface area contributed by atoms with Crippen molar-refractivity contribution in [3.8, 4) is 5.75 Å². The van der Waals surface area contributed by atoms with E-state index in [1.165, 1.54) is 0 Å². The van der Waals surface area contributed by atoms with E-state index in [-0.39, 0.29) is 16.7 Å². The van der Waals surface area contributed by atoms with E-state index in [1.54, 1.807) is 28.8 Å². The third-order valence-electron chi connectivity index (χ3n) is 3.35. The zero-order valence-electron chi connectivity index (χ0n) is 11.1. The number of fused-ring (bicyclic) bond motifs is 1. The molecule has 0 atom stereocenters. The Kier molecular flexibility index (Phi) is 3.51. The van der Waals surface area contributed by atoms with Gasteiger partial charge in [0.1, 0.15) is 5.75 Å². The van der Waals surface area contributed by atoms with Gasteiger partial charge in [-0.25, -0.2) is 0 Å². The van der Waals surface area contributed by atoms with Crippen LogP contribution in [-0.2, 0) is 0 Å². The number of carbonyl (C=O) groups is 1. The molecule has 0 bridgehead atoms. The van der Waals surface area contributed by atoms with Gasteiger partial charge in [-0.1, -0.05) is 27.5 Å². The van der Waals surface area contributed by atoms with Gasteiger partial charge in [0.15, 0.2) is 0 Å². The lowest BCUT2D eigenvalue weighted by atomic mass is 10.2. The summed E-state index contributed by atoms with van der Waals surface area (Å²) in [5, 5.41) is 10.7. The molecule has 3 rings (SSSR count). The zero-order valence-corrected chi connectivity index (χ0v) is 13.4. The van der Waals surface area contributed by atoms with Gasteiger partial charge in [0, 0.05) is 21.1 Å². The molecule has 2 aromatic carbocycles. The topological polar surface area (TPSA) is 42.2 Å². The molecule has 5 heteroatoms. The summed E-state index contributed by atoms with van der Waals surface area (Å²) in [4.78, 5) is 12.7. The van der Waals surface area contributed by atoms with Crippen LogP contribution in [0.15, 0.2) is 46.9 Å². The maximum atomic E-state index is 12.7. The van der Waals surface area contributed by atoms with Crippen molar-refractivity contribution in [3.05, 3.63) is 63.2 Å². The summed E-state index contributed by atoms with van der Waals surface area (Å²) in [7, 11) is 0. The van der Waals surface area contributed by atoms with Crippen molar-refractivity contribution in [1.82, 2.24) is 4.57 Å². The molecule has 0 fully saturated rings. The molecule has 0 radical (unpaired) electrons. The molecular formula is C16H11BrClNO2. The van der Waals surface area contributed by atoms with E-state index in [0.717, 1.165) is 15.6 Å². The Hall–Kier alpha value is -1.78. The molecule has 106 valence electrons. The number of aromatic hydroxyl groups is 1. The molecule has 0 amide bonds. The molecule has 0 aliphatic heterocycles. The second kappa shape index (κ2) is 5.20. The van der Waals surface area contributed by atoms with E-state index in [9.17, 15) is 9.90 Å². The van der Waals surface area contributed by atoms with Crippen LogP contribution in [-0.4, -0.2) is 15.6 Å². The van der Waals surface area contributed by atoms with Crippen molar-refractivity contribution in [2.75, 3.05) is 0 Å². The third kappa shape index (κ3) is 2.45. The van der Waals surface area contributed by atoms with E-state index < -0.39 is 0 Å². The maximum Gasteiger partial charge on any atom is 0.262 e. The van der Waals surface area contributed by atoms with Crippen LogP contribution in [0, 0.1) is 6.92 Å². The van der Waals surface area contributed by atoms with Crippen molar-refractivity contribution in [3.63, 3.8) is 0 Å². The lowest BCUT2D eigenvalue weighted by molar-refractivity contribution is 0.0963. The van der Waals surface area contributed by atoms with E-state index in [4.69, 9.17) is 11.6 Å². The number of aromatic nitrogens is 1. The standard InChI is InChI=1S/C16H11BrClNO2/c1-9-6-11-7-15(20)13(18)8-14(11)19(9)16(21)10-2-4-12(17)5-3-10/h2-8,20H,1H3. The molecule has 0 spiro atoms. The minimum Gasteiger partial charge on any atom is -0.506 e. The fraction of sp³-hybridized carbons (Fsp3) is 0.0625. The summed E-state index contributed by atoms with van der Waals surface area (Å²) in [6.07, 6.45) is 0. The van der Waals surface area contributed by atoms with Crippen LogP contribution in [0.5, 0.6) is 5.75 Å². The molecule has 21 heavy (non-hydrogen) atoms. The lowest BCUT2D eigenvalue weighted by Crippen LogP contribution is -2.13. The Balaban J connectivity index is 2.19. The van der Waals surface area contributed by atoms with E-state index >= 15 is 0 Å². The summed E-state index contributed by atoms with van der Waals surface area (Å²) < 4.78 is 2.52. The molecule has 0 aliphatic rings. The molecule has 1 aromatic heterocycles.